The number of nitrogens with one attached hydrogen (secondary N) is 1. The Bertz CT molecular complexity index is 385. The quantitative estimate of drug-likeness (QED) is 0.792. The summed E-state index contributed by atoms with van der Waals surface area (Å²) in [6, 6.07) is 0. The number of amides is 1. The Kier molecular flexibility index (Phi) is 4.72. The summed E-state index contributed by atoms with van der Waals surface area (Å²) in [5.41, 5.74) is 0. The van der Waals surface area contributed by atoms with Crippen LogP contribution in [0.4, 0.5) is 5.13 Å². The maximum atomic E-state index is 11.6. The molecule has 2 rings (SSSR count). The van der Waals surface area contributed by atoms with Crippen molar-refractivity contribution < 1.29 is 4.79 Å². The topological polar surface area (TPSA) is 48.5 Å². The lowest BCUT2D eigenvalue weighted by Gasteiger charge is -2.34. The molecule has 18 heavy (non-hydrogen) atoms. The van der Waals surface area contributed by atoms with Crippen molar-refractivity contribution in [3.63, 3.8) is 0 Å². The van der Waals surface area contributed by atoms with E-state index in [0.29, 0.717) is 13.1 Å². The van der Waals surface area contributed by atoms with Gasteiger partial charge in [-0.3, -0.25) is 9.69 Å². The first kappa shape index (κ1) is 13.0. The standard InChI is InChI=1S/C12H18N4OS/c1-2-3-13-11(17)10-15-5-7-16(8-6-15)12-14-4-9-18-12/h2,4,9H,1,3,5-8,10H2,(H,13,17). The normalized spacial score (nSPS) is 16.6. The molecule has 1 aromatic heterocycles. The van der Waals surface area contributed by atoms with Gasteiger partial charge in [0.25, 0.3) is 0 Å². The summed E-state index contributed by atoms with van der Waals surface area (Å²) in [7, 11) is 0. The zero-order valence-electron chi connectivity index (χ0n) is 10.3. The van der Waals surface area contributed by atoms with Gasteiger partial charge in [-0.25, -0.2) is 4.98 Å². The van der Waals surface area contributed by atoms with Crippen LogP contribution in [-0.2, 0) is 4.79 Å². The Morgan fingerprint density at radius 1 is 1.50 bits per heavy atom. The number of rotatable bonds is 5. The van der Waals surface area contributed by atoms with E-state index in [4.69, 9.17) is 0 Å². The third-order valence-electron chi connectivity index (χ3n) is 2.87. The van der Waals surface area contributed by atoms with Crippen LogP contribution in [0.25, 0.3) is 0 Å². The van der Waals surface area contributed by atoms with Gasteiger partial charge >= 0.3 is 0 Å². The molecule has 1 aliphatic rings. The largest absolute Gasteiger partial charge is 0.352 e. The average Bonchev–Trinajstić information content (AvgIpc) is 2.91. The van der Waals surface area contributed by atoms with Crippen LogP contribution >= 0.6 is 11.3 Å². The van der Waals surface area contributed by atoms with Gasteiger partial charge in [-0.05, 0) is 0 Å². The molecule has 0 bridgehead atoms. The molecule has 1 amide bonds. The molecule has 0 radical (unpaired) electrons. The Hall–Kier alpha value is -1.40. The predicted molar refractivity (Wildman–Crippen MR) is 74.0 cm³/mol. The van der Waals surface area contributed by atoms with Crippen molar-refractivity contribution in [2.24, 2.45) is 0 Å². The van der Waals surface area contributed by atoms with Gasteiger partial charge in [0.1, 0.15) is 0 Å². The summed E-state index contributed by atoms with van der Waals surface area (Å²) in [6.07, 6.45) is 3.52. The molecule has 0 saturated carbocycles. The van der Waals surface area contributed by atoms with E-state index in [0.717, 1.165) is 31.3 Å². The van der Waals surface area contributed by atoms with Crippen LogP contribution < -0.4 is 10.2 Å². The molecular formula is C12H18N4OS. The van der Waals surface area contributed by atoms with Gasteiger partial charge in [0, 0.05) is 44.3 Å². The highest BCUT2D eigenvalue weighted by Crippen LogP contribution is 2.18. The predicted octanol–water partition coefficient (Wildman–Crippen LogP) is 0.567. The van der Waals surface area contributed by atoms with Crippen molar-refractivity contribution in [1.82, 2.24) is 15.2 Å². The first-order valence-corrected chi connectivity index (χ1v) is 6.92. The molecule has 1 saturated heterocycles. The number of thiazole rings is 1. The number of carbonyl (C=O) groups excluding carboxylic acids is 1. The number of carbonyl (C=O) groups is 1. The van der Waals surface area contributed by atoms with E-state index in [2.05, 4.69) is 26.7 Å². The smallest absolute Gasteiger partial charge is 0.234 e. The first-order chi connectivity index (χ1) is 8.79. The molecule has 0 aromatic carbocycles. The van der Waals surface area contributed by atoms with E-state index in [1.165, 1.54) is 0 Å². The fourth-order valence-corrected chi connectivity index (χ4v) is 2.61. The molecule has 1 aliphatic heterocycles. The highest BCUT2D eigenvalue weighted by Gasteiger charge is 2.19. The Morgan fingerprint density at radius 3 is 2.89 bits per heavy atom. The second kappa shape index (κ2) is 6.51. The van der Waals surface area contributed by atoms with Gasteiger partial charge in [-0.15, -0.1) is 17.9 Å². The number of piperazine rings is 1. The van der Waals surface area contributed by atoms with E-state index >= 15 is 0 Å². The van der Waals surface area contributed by atoms with Crippen LogP contribution in [-0.4, -0.2) is 55.1 Å². The maximum absolute atomic E-state index is 11.6. The highest BCUT2D eigenvalue weighted by molar-refractivity contribution is 7.13. The monoisotopic (exact) mass is 266 g/mol. The van der Waals surface area contributed by atoms with Crippen LogP contribution in [0.15, 0.2) is 24.2 Å². The molecule has 1 aromatic rings. The number of hydrogen-bond donors (Lipinski definition) is 1. The third-order valence-corrected chi connectivity index (χ3v) is 3.71. The number of hydrogen-bond acceptors (Lipinski definition) is 5. The van der Waals surface area contributed by atoms with Crippen molar-refractivity contribution >= 4 is 22.4 Å². The van der Waals surface area contributed by atoms with Crippen molar-refractivity contribution in [1.29, 1.82) is 0 Å². The third kappa shape index (κ3) is 3.54. The summed E-state index contributed by atoms with van der Waals surface area (Å²) in [6.45, 7) is 8.26. The lowest BCUT2D eigenvalue weighted by Crippen LogP contribution is -2.49. The molecule has 1 N–H and O–H groups in total. The summed E-state index contributed by atoms with van der Waals surface area (Å²) in [5, 5.41) is 5.86. The van der Waals surface area contributed by atoms with Crippen molar-refractivity contribution in [3.05, 3.63) is 24.2 Å². The lowest BCUT2D eigenvalue weighted by molar-refractivity contribution is -0.122. The Balaban J connectivity index is 1.73. The zero-order chi connectivity index (χ0) is 12.8. The highest BCUT2D eigenvalue weighted by atomic mass is 32.1. The van der Waals surface area contributed by atoms with Crippen molar-refractivity contribution in [3.8, 4) is 0 Å². The molecule has 98 valence electrons. The Labute approximate surface area is 111 Å². The number of aromatic nitrogens is 1. The van der Waals surface area contributed by atoms with Gasteiger partial charge in [0.2, 0.25) is 5.91 Å². The van der Waals surface area contributed by atoms with E-state index < -0.39 is 0 Å². The zero-order valence-corrected chi connectivity index (χ0v) is 11.2. The fraction of sp³-hybridized carbons (Fsp3) is 0.500. The number of nitrogens with zero attached hydrogens (tertiary/aromatic N) is 3. The minimum atomic E-state index is 0.0672. The summed E-state index contributed by atoms with van der Waals surface area (Å²) < 4.78 is 0. The van der Waals surface area contributed by atoms with Crippen molar-refractivity contribution in [2.45, 2.75) is 0 Å². The molecule has 0 atom stereocenters. The first-order valence-electron chi connectivity index (χ1n) is 6.04. The van der Waals surface area contributed by atoms with Gasteiger partial charge in [0.05, 0.1) is 6.54 Å². The summed E-state index contributed by atoms with van der Waals surface area (Å²) >= 11 is 1.66. The molecule has 0 aliphatic carbocycles. The van der Waals surface area contributed by atoms with Gasteiger partial charge in [-0.2, -0.15) is 0 Å². The molecular weight excluding hydrogens is 248 g/mol. The maximum Gasteiger partial charge on any atom is 0.234 e. The van der Waals surface area contributed by atoms with Crippen molar-refractivity contribution in [2.75, 3.05) is 44.2 Å². The van der Waals surface area contributed by atoms with Gasteiger partial charge in [-0.1, -0.05) is 6.08 Å². The van der Waals surface area contributed by atoms with Crippen LogP contribution in [0.5, 0.6) is 0 Å². The molecule has 5 nitrogen and oxygen atoms in total. The SMILES string of the molecule is C=CCNC(=O)CN1CCN(c2nccs2)CC1. The number of anilines is 1. The van der Waals surface area contributed by atoms with Crippen LogP contribution in [0.1, 0.15) is 0 Å². The fourth-order valence-electron chi connectivity index (χ4n) is 1.91. The van der Waals surface area contributed by atoms with Crippen LogP contribution in [0.2, 0.25) is 0 Å². The molecule has 0 spiro atoms. The summed E-state index contributed by atoms with van der Waals surface area (Å²) in [5.74, 6) is 0.0672. The average molecular weight is 266 g/mol. The molecule has 2 heterocycles. The lowest BCUT2D eigenvalue weighted by atomic mass is 10.3. The second-order valence-corrected chi connectivity index (χ2v) is 5.04. The van der Waals surface area contributed by atoms with Gasteiger partial charge in [0.15, 0.2) is 5.13 Å². The van der Waals surface area contributed by atoms with Crippen LogP contribution in [0, 0.1) is 0 Å². The molecule has 6 heteroatoms. The minimum absolute atomic E-state index is 0.0672. The molecule has 0 unspecified atom stereocenters. The molecule has 1 fully saturated rings. The van der Waals surface area contributed by atoms with E-state index in [1.54, 1.807) is 17.4 Å². The summed E-state index contributed by atoms with van der Waals surface area (Å²) in [4.78, 5) is 20.3. The van der Waals surface area contributed by atoms with E-state index in [1.807, 2.05) is 11.6 Å². The van der Waals surface area contributed by atoms with Crippen LogP contribution in [0.3, 0.4) is 0 Å². The van der Waals surface area contributed by atoms with E-state index in [-0.39, 0.29) is 5.91 Å². The minimum Gasteiger partial charge on any atom is -0.352 e. The van der Waals surface area contributed by atoms with Gasteiger partial charge < -0.3 is 10.2 Å². The second-order valence-electron chi connectivity index (χ2n) is 4.17. The van der Waals surface area contributed by atoms with E-state index in [9.17, 15) is 4.79 Å². The Morgan fingerprint density at radius 2 is 2.28 bits per heavy atom.